The molecule has 1 N–H and O–H groups in total. The van der Waals surface area contributed by atoms with Crippen LogP contribution in [-0.2, 0) is 4.74 Å². The van der Waals surface area contributed by atoms with Crippen LogP contribution in [0.15, 0.2) is 0 Å². The van der Waals surface area contributed by atoms with E-state index in [2.05, 4.69) is 26.2 Å². The van der Waals surface area contributed by atoms with Crippen LogP contribution in [0.1, 0.15) is 58.8 Å². The summed E-state index contributed by atoms with van der Waals surface area (Å²) in [4.78, 5) is 0. The molecular weight excluding hydrogens is 186 g/mol. The molecule has 2 heteroatoms. The van der Waals surface area contributed by atoms with Crippen molar-refractivity contribution in [3.63, 3.8) is 0 Å². The minimum Gasteiger partial charge on any atom is -0.382 e. The van der Waals surface area contributed by atoms with Crippen molar-refractivity contribution in [3.8, 4) is 0 Å². The van der Waals surface area contributed by atoms with Gasteiger partial charge in [-0.25, -0.2) is 0 Å². The van der Waals surface area contributed by atoms with Crippen molar-refractivity contribution in [1.29, 1.82) is 0 Å². The number of hydrogen-bond acceptors (Lipinski definition) is 2. The number of nitrogens with one attached hydrogen (secondary N) is 1. The Morgan fingerprint density at radius 1 is 1.00 bits per heavy atom. The minimum atomic E-state index is 0.697. The summed E-state index contributed by atoms with van der Waals surface area (Å²) in [5, 5.41) is 3.40. The van der Waals surface area contributed by atoms with Crippen molar-refractivity contribution >= 4 is 0 Å². The Morgan fingerprint density at radius 3 is 2.33 bits per heavy atom. The summed E-state index contributed by atoms with van der Waals surface area (Å²) in [6.45, 7) is 6.09. The minimum absolute atomic E-state index is 0.697. The van der Waals surface area contributed by atoms with Crippen molar-refractivity contribution < 1.29 is 4.74 Å². The summed E-state index contributed by atoms with van der Waals surface area (Å²) in [5.41, 5.74) is 0. The summed E-state index contributed by atoms with van der Waals surface area (Å²) in [6.07, 6.45) is 9.23. The molecule has 0 fully saturated rings. The van der Waals surface area contributed by atoms with E-state index in [1.165, 1.54) is 44.9 Å². The molecule has 0 radical (unpaired) electrons. The van der Waals surface area contributed by atoms with E-state index in [4.69, 9.17) is 4.74 Å². The van der Waals surface area contributed by atoms with E-state index in [0.29, 0.717) is 6.04 Å². The van der Waals surface area contributed by atoms with Gasteiger partial charge in [0.05, 0.1) is 0 Å². The van der Waals surface area contributed by atoms with Crippen LogP contribution in [0.5, 0.6) is 0 Å². The second-order valence-electron chi connectivity index (χ2n) is 4.17. The molecule has 2 nitrogen and oxygen atoms in total. The first-order valence-corrected chi connectivity index (χ1v) is 6.60. The third-order valence-corrected chi connectivity index (χ3v) is 2.86. The zero-order valence-corrected chi connectivity index (χ0v) is 10.8. The Labute approximate surface area is 95.8 Å². The molecule has 0 aromatic heterocycles. The van der Waals surface area contributed by atoms with Gasteiger partial charge in [-0.05, 0) is 33.2 Å². The normalized spacial score (nSPS) is 13.0. The van der Waals surface area contributed by atoms with Gasteiger partial charge in [-0.3, -0.25) is 0 Å². The molecule has 15 heavy (non-hydrogen) atoms. The van der Waals surface area contributed by atoms with Gasteiger partial charge in [0.15, 0.2) is 0 Å². The van der Waals surface area contributed by atoms with Gasteiger partial charge in [0.2, 0.25) is 0 Å². The number of ether oxygens (including phenoxy) is 1. The van der Waals surface area contributed by atoms with E-state index >= 15 is 0 Å². The third-order valence-electron chi connectivity index (χ3n) is 2.86. The number of rotatable bonds is 11. The SMILES string of the molecule is CCCCCCC(CCCOCC)NC. The van der Waals surface area contributed by atoms with Crippen LogP contribution in [0, 0.1) is 0 Å². The lowest BCUT2D eigenvalue weighted by atomic mass is 10.0. The fourth-order valence-electron chi connectivity index (χ4n) is 1.83. The fraction of sp³-hybridized carbons (Fsp3) is 1.00. The van der Waals surface area contributed by atoms with E-state index in [1.807, 2.05) is 0 Å². The lowest BCUT2D eigenvalue weighted by Gasteiger charge is -2.15. The summed E-state index contributed by atoms with van der Waals surface area (Å²) in [6, 6.07) is 0.697. The van der Waals surface area contributed by atoms with Crippen molar-refractivity contribution in [3.05, 3.63) is 0 Å². The van der Waals surface area contributed by atoms with E-state index in [9.17, 15) is 0 Å². The lowest BCUT2D eigenvalue weighted by Crippen LogP contribution is -2.25. The molecule has 0 saturated carbocycles. The zero-order chi connectivity index (χ0) is 11.4. The van der Waals surface area contributed by atoms with Gasteiger partial charge in [-0.1, -0.05) is 32.6 Å². The molecule has 1 atom stereocenters. The van der Waals surface area contributed by atoms with Gasteiger partial charge in [0.25, 0.3) is 0 Å². The molecule has 0 rings (SSSR count). The second-order valence-corrected chi connectivity index (χ2v) is 4.17. The van der Waals surface area contributed by atoms with Crippen LogP contribution in [0.4, 0.5) is 0 Å². The molecule has 0 aliphatic carbocycles. The van der Waals surface area contributed by atoms with E-state index in [0.717, 1.165) is 13.2 Å². The van der Waals surface area contributed by atoms with Gasteiger partial charge in [-0.15, -0.1) is 0 Å². The molecule has 0 spiro atoms. The summed E-state index contributed by atoms with van der Waals surface area (Å²) >= 11 is 0. The van der Waals surface area contributed by atoms with Gasteiger partial charge in [0.1, 0.15) is 0 Å². The van der Waals surface area contributed by atoms with Crippen molar-refractivity contribution in [2.45, 2.75) is 64.8 Å². The van der Waals surface area contributed by atoms with Gasteiger partial charge < -0.3 is 10.1 Å². The summed E-state index contributed by atoms with van der Waals surface area (Å²) in [7, 11) is 2.07. The van der Waals surface area contributed by atoms with Crippen LogP contribution in [0.25, 0.3) is 0 Å². The average Bonchev–Trinajstić information content (AvgIpc) is 2.27. The largest absolute Gasteiger partial charge is 0.382 e. The first-order valence-electron chi connectivity index (χ1n) is 6.60. The van der Waals surface area contributed by atoms with Crippen molar-refractivity contribution in [1.82, 2.24) is 5.32 Å². The van der Waals surface area contributed by atoms with E-state index in [-0.39, 0.29) is 0 Å². The molecule has 0 aromatic carbocycles. The Hall–Kier alpha value is -0.0800. The first kappa shape index (κ1) is 14.9. The lowest BCUT2D eigenvalue weighted by molar-refractivity contribution is 0.140. The van der Waals surface area contributed by atoms with Gasteiger partial charge in [0, 0.05) is 19.3 Å². The molecule has 92 valence electrons. The van der Waals surface area contributed by atoms with Crippen molar-refractivity contribution in [2.24, 2.45) is 0 Å². The maximum Gasteiger partial charge on any atom is 0.0466 e. The monoisotopic (exact) mass is 215 g/mol. The molecule has 0 bridgehead atoms. The topological polar surface area (TPSA) is 21.3 Å². The first-order chi connectivity index (χ1) is 7.35. The van der Waals surface area contributed by atoms with Crippen LogP contribution in [0.3, 0.4) is 0 Å². The quantitative estimate of drug-likeness (QED) is 0.534. The zero-order valence-electron chi connectivity index (χ0n) is 10.8. The van der Waals surface area contributed by atoms with Crippen LogP contribution >= 0.6 is 0 Å². The fourth-order valence-corrected chi connectivity index (χ4v) is 1.83. The molecule has 0 heterocycles. The summed E-state index contributed by atoms with van der Waals surface area (Å²) < 4.78 is 5.34. The highest BCUT2D eigenvalue weighted by Gasteiger charge is 2.04. The molecular formula is C13H29NO. The highest BCUT2D eigenvalue weighted by Crippen LogP contribution is 2.09. The molecule has 0 aliphatic rings. The second kappa shape index (κ2) is 12.0. The van der Waals surface area contributed by atoms with E-state index in [1.54, 1.807) is 0 Å². The molecule has 0 aromatic rings. The Balaban J connectivity index is 3.29. The molecule has 1 unspecified atom stereocenters. The van der Waals surface area contributed by atoms with Gasteiger partial charge >= 0.3 is 0 Å². The predicted molar refractivity (Wildman–Crippen MR) is 67.3 cm³/mol. The van der Waals surface area contributed by atoms with Crippen LogP contribution in [-0.4, -0.2) is 26.3 Å². The highest BCUT2D eigenvalue weighted by atomic mass is 16.5. The van der Waals surface area contributed by atoms with Crippen molar-refractivity contribution in [2.75, 3.05) is 20.3 Å². The van der Waals surface area contributed by atoms with E-state index < -0.39 is 0 Å². The summed E-state index contributed by atoms with van der Waals surface area (Å²) in [5.74, 6) is 0. The Kier molecular flexibility index (Phi) is 11.9. The smallest absolute Gasteiger partial charge is 0.0466 e. The Bertz CT molecular complexity index is 105. The molecule has 0 amide bonds. The molecule has 0 aliphatic heterocycles. The average molecular weight is 215 g/mol. The van der Waals surface area contributed by atoms with Crippen LogP contribution in [0.2, 0.25) is 0 Å². The third kappa shape index (κ3) is 10.2. The van der Waals surface area contributed by atoms with Gasteiger partial charge in [-0.2, -0.15) is 0 Å². The maximum atomic E-state index is 5.34. The standard InChI is InChI=1S/C13H29NO/c1-4-6-7-8-10-13(14-3)11-9-12-15-5-2/h13-14H,4-12H2,1-3H3. The predicted octanol–water partition coefficient (Wildman–Crippen LogP) is 3.36. The highest BCUT2D eigenvalue weighted by molar-refractivity contribution is 4.64. The maximum absolute atomic E-state index is 5.34. The Morgan fingerprint density at radius 2 is 1.73 bits per heavy atom. The molecule has 0 saturated heterocycles. The van der Waals surface area contributed by atoms with Crippen LogP contribution < -0.4 is 5.32 Å². The number of hydrogen-bond donors (Lipinski definition) is 1. The number of unbranched alkanes of at least 4 members (excludes halogenated alkanes) is 3.